The van der Waals surface area contributed by atoms with Crippen LogP contribution in [0.15, 0.2) is 40.3 Å². The summed E-state index contributed by atoms with van der Waals surface area (Å²) >= 11 is 13.3. The van der Waals surface area contributed by atoms with E-state index in [-0.39, 0.29) is 36.4 Å². The Morgan fingerprint density at radius 2 is 1.41 bits per heavy atom. The SMILES string of the molecule is NC1=N[C@H]2O[C@H]3N=C(N)N[C@@]3(O)C3C(CNC(=O)c4cc(Br)c(Br)[nH]4)[C@@H](CNC(=O)c4cc(Br)c(Br)[nH]4)[C@H](O)[C@@]32N1. The fraction of sp³-hybridized carbons (Fsp3) is 0.455. The van der Waals surface area contributed by atoms with Gasteiger partial charge in [-0.3, -0.25) is 9.59 Å². The molecule has 1 spiro atoms. The van der Waals surface area contributed by atoms with Crippen molar-refractivity contribution in [1.29, 1.82) is 0 Å². The van der Waals surface area contributed by atoms with Crippen molar-refractivity contribution in [2.24, 2.45) is 39.2 Å². The number of H-pyrrole nitrogens is 2. The van der Waals surface area contributed by atoms with Gasteiger partial charge in [0.15, 0.2) is 23.9 Å². The third kappa shape index (κ3) is 4.51. The van der Waals surface area contributed by atoms with Crippen molar-refractivity contribution >= 4 is 87.5 Å². The van der Waals surface area contributed by atoms with Crippen molar-refractivity contribution in [1.82, 2.24) is 31.2 Å². The number of guanidine groups is 2. The molecule has 1 saturated heterocycles. The highest BCUT2D eigenvalue weighted by molar-refractivity contribution is 9.13. The van der Waals surface area contributed by atoms with Crippen molar-refractivity contribution in [3.8, 4) is 0 Å². The lowest BCUT2D eigenvalue weighted by molar-refractivity contribution is -0.243. The Hall–Kier alpha value is -2.16. The summed E-state index contributed by atoms with van der Waals surface area (Å²) in [5.74, 6) is -3.18. The number of fused-ring (bicyclic) bond motifs is 2. The van der Waals surface area contributed by atoms with Crippen LogP contribution < -0.4 is 32.7 Å². The number of nitrogens with two attached hydrogens (primary N) is 2. The molecule has 2 aromatic heterocycles. The van der Waals surface area contributed by atoms with Gasteiger partial charge in [-0.15, -0.1) is 0 Å². The Morgan fingerprint density at radius 3 is 1.95 bits per heavy atom. The smallest absolute Gasteiger partial charge is 0.267 e. The van der Waals surface area contributed by atoms with Gasteiger partial charge in [0, 0.05) is 24.9 Å². The highest BCUT2D eigenvalue weighted by Crippen LogP contribution is 2.57. The Bertz CT molecular complexity index is 1460. The molecule has 0 aromatic carbocycles. The van der Waals surface area contributed by atoms with E-state index < -0.39 is 59.4 Å². The number of ether oxygens (including phenoxy) is 1. The van der Waals surface area contributed by atoms with Crippen LogP contribution in [0.4, 0.5) is 0 Å². The molecular weight excluding hydrogens is 804 g/mol. The van der Waals surface area contributed by atoms with Crippen LogP contribution in [0, 0.1) is 17.8 Å². The first kappa shape index (κ1) is 28.9. The van der Waals surface area contributed by atoms with E-state index in [1.165, 1.54) is 0 Å². The van der Waals surface area contributed by atoms with Crippen LogP contribution in [0.5, 0.6) is 0 Å². The van der Waals surface area contributed by atoms with Gasteiger partial charge in [-0.25, -0.2) is 9.98 Å². The van der Waals surface area contributed by atoms with Crippen LogP contribution in [0.2, 0.25) is 0 Å². The van der Waals surface area contributed by atoms with Gasteiger partial charge in [0.1, 0.15) is 16.9 Å². The second-order valence-corrected chi connectivity index (χ2v) is 13.5. The first-order valence-electron chi connectivity index (χ1n) is 12.3. The maximum Gasteiger partial charge on any atom is 0.267 e. The zero-order valence-electron chi connectivity index (χ0n) is 20.7. The number of rotatable bonds is 6. The summed E-state index contributed by atoms with van der Waals surface area (Å²) in [7, 11) is 0. The number of nitrogens with one attached hydrogen (secondary N) is 6. The van der Waals surface area contributed by atoms with Gasteiger partial charge in [0.05, 0.1) is 24.3 Å². The first-order chi connectivity index (χ1) is 19.3. The lowest BCUT2D eigenvalue weighted by Crippen LogP contribution is -2.76. The summed E-state index contributed by atoms with van der Waals surface area (Å²) in [6.45, 7) is -0.0420. The number of aromatic amines is 2. The molecule has 0 radical (unpaired) electrons. The van der Waals surface area contributed by atoms with Crippen molar-refractivity contribution in [3.05, 3.63) is 41.7 Å². The van der Waals surface area contributed by atoms with Crippen molar-refractivity contribution in [2.45, 2.75) is 29.8 Å². The number of halogens is 4. The number of nitrogens with zero attached hydrogens (tertiary/aromatic N) is 2. The minimum atomic E-state index is -1.89. The Morgan fingerprint density at radius 1 is 0.902 bits per heavy atom. The second-order valence-electron chi connectivity index (χ2n) is 10.2. The number of aliphatic imine (C=N–C) groups is 2. The standard InChI is InChI=1S/C22H24Br4N10O5/c23-7-1-9(31-13(7)25)15(38)29-3-5-6(4-30-16(39)10-2-8(24)14(26)32-10)12(37)21-11(5)22(40)18(34-20(28)36-22)41-17(21)33-19(27)35-21/h1-2,5-6,11-12,17-18,31-32,37,40H,3-4H2,(H,29,38)(H,30,39)(H3,27,33,35)(H3,28,34,36)/t5?,6-,11?,12+,17+,18-,21+,22-/m1/s1. The van der Waals surface area contributed by atoms with E-state index in [4.69, 9.17) is 16.2 Å². The summed E-state index contributed by atoms with van der Waals surface area (Å²) < 4.78 is 8.51. The van der Waals surface area contributed by atoms with Gasteiger partial charge in [-0.2, -0.15) is 0 Å². The van der Waals surface area contributed by atoms with Gasteiger partial charge >= 0.3 is 0 Å². The van der Waals surface area contributed by atoms with Gasteiger partial charge in [0.2, 0.25) is 6.23 Å². The zero-order chi connectivity index (χ0) is 29.4. The number of aromatic nitrogens is 2. The predicted octanol–water partition coefficient (Wildman–Crippen LogP) is -0.279. The molecule has 4 aliphatic rings. The zero-order valence-corrected chi connectivity index (χ0v) is 27.1. The van der Waals surface area contributed by atoms with E-state index in [1.54, 1.807) is 12.1 Å². The molecule has 2 aromatic rings. The summed E-state index contributed by atoms with van der Waals surface area (Å²) in [4.78, 5) is 40.5. The molecule has 0 bridgehead atoms. The average Bonchev–Trinajstić information content (AvgIpc) is 3.66. The maximum absolute atomic E-state index is 13.1. The minimum absolute atomic E-state index is 0.00854. The summed E-state index contributed by atoms with van der Waals surface area (Å²) in [5.41, 5.74) is 9.26. The lowest BCUT2D eigenvalue weighted by Gasteiger charge is -2.51. The van der Waals surface area contributed by atoms with Crippen LogP contribution in [0.3, 0.4) is 0 Å². The number of aliphatic hydroxyl groups is 2. The molecule has 3 aliphatic heterocycles. The number of aliphatic hydroxyl groups excluding tert-OH is 1. The molecule has 220 valence electrons. The Labute approximate surface area is 265 Å². The number of hydrogen-bond acceptors (Lipinski definition) is 11. The highest BCUT2D eigenvalue weighted by atomic mass is 79.9. The summed E-state index contributed by atoms with van der Waals surface area (Å²) in [5, 5.41) is 35.5. The second kappa shape index (κ2) is 10.2. The van der Waals surface area contributed by atoms with Gasteiger partial charge in [-0.1, -0.05) is 0 Å². The Balaban J connectivity index is 1.34. The lowest BCUT2D eigenvalue weighted by atomic mass is 9.71. The van der Waals surface area contributed by atoms with Crippen LogP contribution in [0.25, 0.3) is 0 Å². The fourth-order valence-electron chi connectivity index (χ4n) is 6.42. The molecule has 1 aliphatic carbocycles. The predicted molar refractivity (Wildman–Crippen MR) is 159 cm³/mol. The number of carbonyl (C=O) groups is 2. The fourth-order valence-corrected chi connectivity index (χ4v) is 7.73. The van der Waals surface area contributed by atoms with E-state index in [1.807, 2.05) is 0 Å². The molecule has 2 amide bonds. The van der Waals surface area contributed by atoms with E-state index in [0.717, 1.165) is 0 Å². The largest absolute Gasteiger partial charge is 0.390 e. The van der Waals surface area contributed by atoms with Gasteiger partial charge in [0.25, 0.3) is 11.8 Å². The van der Waals surface area contributed by atoms with Gasteiger partial charge in [-0.05, 0) is 81.8 Å². The number of carbonyl (C=O) groups excluding carboxylic acids is 2. The number of amides is 2. The molecule has 6 rings (SSSR count). The molecule has 19 heteroatoms. The van der Waals surface area contributed by atoms with E-state index in [2.05, 4.69) is 105 Å². The molecule has 2 unspecified atom stereocenters. The van der Waals surface area contributed by atoms with Gasteiger partial charge < -0.3 is 57.7 Å². The summed E-state index contributed by atoms with van der Waals surface area (Å²) in [6, 6.07) is 3.23. The van der Waals surface area contributed by atoms with Crippen molar-refractivity contribution in [2.75, 3.05) is 13.1 Å². The maximum atomic E-state index is 13.1. The van der Waals surface area contributed by atoms with E-state index in [9.17, 15) is 19.8 Å². The topological polar surface area (TPSA) is 240 Å². The first-order valence-corrected chi connectivity index (χ1v) is 15.5. The van der Waals surface area contributed by atoms with Crippen molar-refractivity contribution in [3.63, 3.8) is 0 Å². The van der Waals surface area contributed by atoms with E-state index >= 15 is 0 Å². The van der Waals surface area contributed by atoms with Crippen LogP contribution in [-0.2, 0) is 4.74 Å². The number of hydrogen-bond donors (Lipinski definition) is 10. The average molecular weight is 828 g/mol. The summed E-state index contributed by atoms with van der Waals surface area (Å²) in [6.07, 6.45) is -3.45. The molecule has 1 saturated carbocycles. The third-order valence-corrected chi connectivity index (χ3v) is 11.6. The normalized spacial score (nSPS) is 35.0. The van der Waals surface area contributed by atoms with Crippen LogP contribution >= 0.6 is 63.7 Å². The molecule has 41 heavy (non-hydrogen) atoms. The van der Waals surface area contributed by atoms with E-state index in [0.29, 0.717) is 18.2 Å². The molecule has 12 N–H and O–H groups in total. The van der Waals surface area contributed by atoms with Crippen molar-refractivity contribution < 1.29 is 24.5 Å². The highest BCUT2D eigenvalue weighted by Gasteiger charge is 2.76. The monoisotopic (exact) mass is 824 g/mol. The quantitative estimate of drug-likeness (QED) is 0.184. The van der Waals surface area contributed by atoms with Crippen LogP contribution in [0.1, 0.15) is 21.0 Å². The van der Waals surface area contributed by atoms with Crippen LogP contribution in [-0.4, -0.2) is 86.8 Å². The molecular formula is C22H24Br4N10O5. The molecule has 15 nitrogen and oxygen atoms in total. The Kier molecular flexibility index (Phi) is 7.22. The molecule has 8 atom stereocenters. The molecule has 2 fully saturated rings. The third-order valence-electron chi connectivity index (χ3n) is 8.03. The minimum Gasteiger partial charge on any atom is -0.390 e. The molecule has 5 heterocycles.